The molecule has 1 fully saturated rings. The van der Waals surface area contributed by atoms with E-state index in [9.17, 15) is 0 Å². The molecular weight excluding hydrogens is 447 g/mol. The number of anilines is 1. The van der Waals surface area contributed by atoms with Crippen molar-refractivity contribution < 1.29 is 14.2 Å². The normalized spacial score (nSPS) is 18.6. The SMILES string of the molecule is COc1ccccc1N1CCC(CNCC2COc3cc(Cl)c(Cl)cc3O2)CC1.Cl. The van der Waals surface area contributed by atoms with Crippen LogP contribution in [0.4, 0.5) is 5.69 Å². The number of rotatable bonds is 6. The molecule has 1 saturated heterocycles. The lowest BCUT2D eigenvalue weighted by atomic mass is 9.96. The molecule has 164 valence electrons. The lowest BCUT2D eigenvalue weighted by Crippen LogP contribution is -2.42. The molecule has 30 heavy (non-hydrogen) atoms. The molecule has 8 heteroatoms. The number of ether oxygens (including phenoxy) is 3. The number of halogens is 3. The van der Waals surface area contributed by atoms with Crippen molar-refractivity contribution >= 4 is 41.3 Å². The Bertz CT molecular complexity index is 844. The molecule has 0 spiro atoms. The maximum Gasteiger partial charge on any atom is 0.163 e. The zero-order valence-corrected chi connectivity index (χ0v) is 19.2. The maximum atomic E-state index is 6.08. The summed E-state index contributed by atoms with van der Waals surface area (Å²) in [6, 6.07) is 11.7. The van der Waals surface area contributed by atoms with Crippen LogP contribution in [0.5, 0.6) is 17.2 Å². The van der Waals surface area contributed by atoms with Crippen molar-refractivity contribution in [2.24, 2.45) is 5.92 Å². The molecule has 0 amide bonds. The lowest BCUT2D eigenvalue weighted by molar-refractivity contribution is 0.0894. The molecule has 0 bridgehead atoms. The number of benzene rings is 2. The van der Waals surface area contributed by atoms with E-state index in [1.165, 1.54) is 5.69 Å². The van der Waals surface area contributed by atoms with E-state index >= 15 is 0 Å². The van der Waals surface area contributed by atoms with Gasteiger partial charge in [-0.2, -0.15) is 0 Å². The van der Waals surface area contributed by atoms with E-state index in [0.717, 1.165) is 44.8 Å². The minimum absolute atomic E-state index is 0. The van der Waals surface area contributed by atoms with E-state index in [2.05, 4.69) is 22.3 Å². The van der Waals surface area contributed by atoms with Crippen LogP contribution in [0.25, 0.3) is 0 Å². The van der Waals surface area contributed by atoms with Crippen LogP contribution in [0.3, 0.4) is 0 Å². The molecule has 5 nitrogen and oxygen atoms in total. The number of nitrogens with zero attached hydrogens (tertiary/aromatic N) is 1. The van der Waals surface area contributed by atoms with Gasteiger partial charge in [-0.15, -0.1) is 12.4 Å². The molecule has 0 aromatic heterocycles. The van der Waals surface area contributed by atoms with Crippen LogP contribution in [0.2, 0.25) is 10.0 Å². The highest BCUT2D eigenvalue weighted by molar-refractivity contribution is 6.42. The summed E-state index contributed by atoms with van der Waals surface area (Å²) >= 11 is 12.1. The molecule has 0 saturated carbocycles. The Morgan fingerprint density at radius 3 is 2.50 bits per heavy atom. The summed E-state index contributed by atoms with van der Waals surface area (Å²) in [4.78, 5) is 2.42. The largest absolute Gasteiger partial charge is 0.495 e. The summed E-state index contributed by atoms with van der Waals surface area (Å²) in [6.45, 7) is 4.31. The molecule has 2 aromatic rings. The number of hydrogen-bond acceptors (Lipinski definition) is 5. The average Bonchev–Trinajstić information content (AvgIpc) is 2.75. The molecular formula is C22H27Cl3N2O3. The minimum Gasteiger partial charge on any atom is -0.495 e. The first-order valence-electron chi connectivity index (χ1n) is 10.0. The highest BCUT2D eigenvalue weighted by Crippen LogP contribution is 2.38. The third-order valence-corrected chi connectivity index (χ3v) is 6.27. The molecule has 0 radical (unpaired) electrons. The van der Waals surface area contributed by atoms with Crippen LogP contribution >= 0.6 is 35.6 Å². The molecule has 1 unspecified atom stereocenters. The summed E-state index contributed by atoms with van der Waals surface area (Å²) in [5.41, 5.74) is 1.19. The third kappa shape index (κ3) is 5.38. The van der Waals surface area contributed by atoms with Crippen LogP contribution in [0.1, 0.15) is 12.8 Å². The minimum atomic E-state index is -0.0339. The van der Waals surface area contributed by atoms with Gasteiger partial charge in [0.15, 0.2) is 11.5 Å². The van der Waals surface area contributed by atoms with Gasteiger partial charge in [-0.1, -0.05) is 35.3 Å². The number of piperidine rings is 1. The smallest absolute Gasteiger partial charge is 0.163 e. The monoisotopic (exact) mass is 472 g/mol. The first kappa shape index (κ1) is 23.1. The molecule has 0 aliphatic carbocycles. The van der Waals surface area contributed by atoms with Crippen LogP contribution in [0, 0.1) is 5.92 Å². The van der Waals surface area contributed by atoms with Crippen molar-refractivity contribution in [3.05, 3.63) is 46.4 Å². The van der Waals surface area contributed by atoms with Gasteiger partial charge in [0, 0.05) is 31.8 Å². The Kier molecular flexibility index (Phi) is 8.23. The van der Waals surface area contributed by atoms with E-state index in [1.807, 2.05) is 12.1 Å². The number of fused-ring (bicyclic) bond motifs is 1. The van der Waals surface area contributed by atoms with Gasteiger partial charge in [0.1, 0.15) is 18.5 Å². The first-order chi connectivity index (χ1) is 14.1. The van der Waals surface area contributed by atoms with E-state index in [4.69, 9.17) is 37.4 Å². The predicted molar refractivity (Wildman–Crippen MR) is 124 cm³/mol. The van der Waals surface area contributed by atoms with Crippen LogP contribution in [-0.2, 0) is 0 Å². The number of hydrogen-bond donors (Lipinski definition) is 1. The maximum absolute atomic E-state index is 6.08. The number of nitrogens with one attached hydrogen (secondary N) is 1. The van der Waals surface area contributed by atoms with Gasteiger partial charge in [-0.25, -0.2) is 0 Å². The van der Waals surface area contributed by atoms with Crippen molar-refractivity contribution in [2.75, 3.05) is 44.8 Å². The molecule has 2 aromatic carbocycles. The Labute approximate surface area is 194 Å². The molecule has 4 rings (SSSR count). The Morgan fingerprint density at radius 2 is 1.77 bits per heavy atom. The number of methoxy groups -OCH3 is 1. The quantitative estimate of drug-likeness (QED) is 0.634. The average molecular weight is 474 g/mol. The van der Waals surface area contributed by atoms with Gasteiger partial charge in [0.2, 0.25) is 0 Å². The van der Waals surface area contributed by atoms with E-state index in [1.54, 1.807) is 19.2 Å². The van der Waals surface area contributed by atoms with E-state index in [-0.39, 0.29) is 18.5 Å². The summed E-state index contributed by atoms with van der Waals surface area (Å²) in [6.07, 6.45) is 2.28. The lowest BCUT2D eigenvalue weighted by Gasteiger charge is -2.34. The standard InChI is InChI=1S/C22H26Cl2N2O3.ClH/c1-27-20-5-3-2-4-19(20)26-8-6-15(7-9-26)12-25-13-16-14-28-21-10-17(23)18(24)11-22(21)29-16;/h2-5,10-11,15-16,25H,6-9,12-14H2,1H3;1H. The van der Waals surface area contributed by atoms with Crippen molar-refractivity contribution in [3.8, 4) is 17.2 Å². The fourth-order valence-corrected chi connectivity index (χ4v) is 4.24. The van der Waals surface area contributed by atoms with Crippen LogP contribution in [-0.4, -0.2) is 46.0 Å². The molecule has 2 aliphatic rings. The zero-order valence-electron chi connectivity index (χ0n) is 16.9. The van der Waals surface area contributed by atoms with Crippen molar-refractivity contribution in [2.45, 2.75) is 18.9 Å². The molecule has 1 atom stereocenters. The Hall–Kier alpha value is -1.53. The fraction of sp³-hybridized carbons (Fsp3) is 0.455. The summed E-state index contributed by atoms with van der Waals surface area (Å²) in [5.74, 6) is 2.91. The van der Waals surface area contributed by atoms with E-state index in [0.29, 0.717) is 34.1 Å². The van der Waals surface area contributed by atoms with Crippen LogP contribution in [0.15, 0.2) is 36.4 Å². The van der Waals surface area contributed by atoms with Gasteiger partial charge in [-0.3, -0.25) is 0 Å². The zero-order chi connectivity index (χ0) is 20.2. The van der Waals surface area contributed by atoms with Gasteiger partial charge < -0.3 is 24.4 Å². The fourth-order valence-electron chi connectivity index (χ4n) is 3.93. The van der Waals surface area contributed by atoms with Gasteiger partial charge in [-0.05, 0) is 37.4 Å². The molecule has 1 N–H and O–H groups in total. The second kappa shape index (κ2) is 10.7. The highest BCUT2D eigenvalue weighted by atomic mass is 35.5. The van der Waals surface area contributed by atoms with Gasteiger partial charge in [0.05, 0.1) is 22.8 Å². The Balaban J connectivity index is 0.00000256. The number of para-hydroxylation sites is 2. The summed E-state index contributed by atoms with van der Waals surface area (Å²) < 4.78 is 17.3. The highest BCUT2D eigenvalue weighted by Gasteiger charge is 2.24. The second-order valence-electron chi connectivity index (χ2n) is 7.52. The Morgan fingerprint density at radius 1 is 1.07 bits per heavy atom. The van der Waals surface area contributed by atoms with Crippen LogP contribution < -0.4 is 24.4 Å². The molecule has 2 heterocycles. The second-order valence-corrected chi connectivity index (χ2v) is 8.34. The summed E-state index contributed by atoms with van der Waals surface area (Å²) in [7, 11) is 1.73. The summed E-state index contributed by atoms with van der Waals surface area (Å²) in [5, 5.41) is 4.50. The van der Waals surface area contributed by atoms with Crippen molar-refractivity contribution in [3.63, 3.8) is 0 Å². The van der Waals surface area contributed by atoms with Gasteiger partial charge >= 0.3 is 0 Å². The van der Waals surface area contributed by atoms with Crippen molar-refractivity contribution in [1.29, 1.82) is 0 Å². The topological polar surface area (TPSA) is 43.0 Å². The van der Waals surface area contributed by atoms with Crippen molar-refractivity contribution in [1.82, 2.24) is 5.32 Å². The molecule has 2 aliphatic heterocycles. The predicted octanol–water partition coefficient (Wildman–Crippen LogP) is 5.07. The van der Waals surface area contributed by atoms with E-state index < -0.39 is 0 Å². The van der Waals surface area contributed by atoms with Gasteiger partial charge in [0.25, 0.3) is 0 Å². The third-order valence-electron chi connectivity index (χ3n) is 5.55. The first-order valence-corrected chi connectivity index (χ1v) is 10.8.